The zero-order valence-corrected chi connectivity index (χ0v) is 8.53. The lowest BCUT2D eigenvalue weighted by atomic mass is 10.0. The molecule has 2 fully saturated rings. The van der Waals surface area contributed by atoms with Crippen LogP contribution in [0.4, 0.5) is 4.79 Å². The third-order valence-electron chi connectivity index (χ3n) is 2.99. The number of nitrogens with zero attached hydrogens (tertiary/aromatic N) is 1. The number of nitrogens with one attached hydrogen (secondary N) is 1. The molecule has 0 aromatic heterocycles. The number of carboxylic acid groups (broad SMARTS) is 1. The fraction of sp³-hybridized carbons (Fsp3) is 0.667. The molecule has 1 spiro atoms. The van der Waals surface area contributed by atoms with Crippen molar-refractivity contribution in [2.75, 3.05) is 0 Å². The summed E-state index contributed by atoms with van der Waals surface area (Å²) in [6.07, 6.45) is 1.20. The highest BCUT2D eigenvalue weighted by Crippen LogP contribution is 2.42. The summed E-state index contributed by atoms with van der Waals surface area (Å²) in [7, 11) is 0. The molecule has 0 radical (unpaired) electrons. The second-order valence-corrected chi connectivity index (χ2v) is 4.52. The van der Waals surface area contributed by atoms with E-state index < -0.39 is 29.0 Å². The van der Waals surface area contributed by atoms with Crippen LogP contribution in [0.5, 0.6) is 0 Å². The van der Waals surface area contributed by atoms with E-state index in [-0.39, 0.29) is 0 Å². The van der Waals surface area contributed by atoms with E-state index in [0.717, 1.165) is 4.90 Å². The van der Waals surface area contributed by atoms with Crippen LogP contribution in [-0.4, -0.2) is 39.0 Å². The molecule has 6 heteroatoms. The van der Waals surface area contributed by atoms with Crippen molar-refractivity contribution < 1.29 is 19.5 Å². The maximum Gasteiger partial charge on any atom is 0.329 e. The largest absolute Gasteiger partial charge is 0.480 e. The highest BCUT2D eigenvalue weighted by molar-refractivity contribution is 6.11. The van der Waals surface area contributed by atoms with Crippen LogP contribution in [0, 0.1) is 0 Å². The minimum absolute atomic E-state index is 0.417. The van der Waals surface area contributed by atoms with E-state index in [2.05, 4.69) is 5.32 Å². The van der Waals surface area contributed by atoms with Gasteiger partial charge < -0.3 is 10.4 Å². The third kappa shape index (κ3) is 1.14. The van der Waals surface area contributed by atoms with E-state index in [1.807, 2.05) is 0 Å². The van der Waals surface area contributed by atoms with Crippen molar-refractivity contribution in [2.45, 2.75) is 37.8 Å². The molecule has 0 aromatic carbocycles. The minimum Gasteiger partial charge on any atom is -0.480 e. The first-order chi connectivity index (χ1) is 6.81. The molecule has 1 saturated carbocycles. The summed E-state index contributed by atoms with van der Waals surface area (Å²) in [4.78, 5) is 35.1. The molecule has 1 heterocycles. The van der Waals surface area contributed by atoms with Gasteiger partial charge in [-0.2, -0.15) is 0 Å². The third-order valence-corrected chi connectivity index (χ3v) is 2.99. The highest BCUT2D eigenvalue weighted by atomic mass is 16.4. The van der Waals surface area contributed by atoms with Gasteiger partial charge in [0.2, 0.25) is 0 Å². The Balaban J connectivity index is 2.34. The SMILES string of the molecule is CC(C)(C(=O)O)N1C(=O)NC2(CC2)C1=O. The van der Waals surface area contributed by atoms with Gasteiger partial charge in [-0.3, -0.25) is 4.79 Å². The molecule has 1 saturated heterocycles. The quantitative estimate of drug-likeness (QED) is 0.627. The zero-order valence-electron chi connectivity index (χ0n) is 8.53. The molecule has 1 aliphatic heterocycles. The van der Waals surface area contributed by atoms with Gasteiger partial charge in [0.1, 0.15) is 11.1 Å². The molecular formula is C9H12N2O4. The lowest BCUT2D eigenvalue weighted by Gasteiger charge is -2.28. The fourth-order valence-electron chi connectivity index (χ4n) is 1.69. The maximum absolute atomic E-state index is 11.8. The second kappa shape index (κ2) is 2.50. The molecule has 0 unspecified atom stereocenters. The van der Waals surface area contributed by atoms with Crippen LogP contribution >= 0.6 is 0 Å². The summed E-state index contributed by atoms with van der Waals surface area (Å²) in [6, 6.07) is -0.607. The fourth-order valence-corrected chi connectivity index (χ4v) is 1.69. The monoisotopic (exact) mass is 212 g/mol. The van der Waals surface area contributed by atoms with E-state index in [4.69, 9.17) is 5.11 Å². The number of amides is 3. The van der Waals surface area contributed by atoms with Gasteiger partial charge in [0, 0.05) is 0 Å². The van der Waals surface area contributed by atoms with Gasteiger partial charge in [-0.15, -0.1) is 0 Å². The van der Waals surface area contributed by atoms with Gasteiger partial charge in [-0.1, -0.05) is 0 Å². The van der Waals surface area contributed by atoms with Gasteiger partial charge in [-0.05, 0) is 26.7 Å². The maximum atomic E-state index is 11.8. The summed E-state index contributed by atoms with van der Waals surface area (Å²) in [5.74, 6) is -1.61. The Morgan fingerprint density at radius 2 is 2.00 bits per heavy atom. The van der Waals surface area contributed by atoms with Crippen LogP contribution in [0.15, 0.2) is 0 Å². The molecule has 0 aromatic rings. The van der Waals surface area contributed by atoms with Crippen LogP contribution in [0.1, 0.15) is 26.7 Å². The van der Waals surface area contributed by atoms with Crippen molar-refractivity contribution in [3.63, 3.8) is 0 Å². The van der Waals surface area contributed by atoms with Crippen molar-refractivity contribution in [3.05, 3.63) is 0 Å². The molecule has 15 heavy (non-hydrogen) atoms. The molecule has 0 atom stereocenters. The average molecular weight is 212 g/mol. The molecule has 0 bridgehead atoms. The normalized spacial score (nSPS) is 23.2. The van der Waals surface area contributed by atoms with Gasteiger partial charge in [0.25, 0.3) is 5.91 Å². The van der Waals surface area contributed by atoms with E-state index >= 15 is 0 Å². The number of carbonyl (C=O) groups is 3. The smallest absolute Gasteiger partial charge is 0.329 e. The van der Waals surface area contributed by atoms with Crippen molar-refractivity contribution >= 4 is 17.9 Å². The Morgan fingerprint density at radius 3 is 2.33 bits per heavy atom. The van der Waals surface area contributed by atoms with Crippen LogP contribution in [0.3, 0.4) is 0 Å². The molecule has 2 N–H and O–H groups in total. The molecule has 6 nitrogen and oxygen atoms in total. The van der Waals surface area contributed by atoms with Gasteiger partial charge in [0.15, 0.2) is 0 Å². The molecule has 2 aliphatic rings. The number of rotatable bonds is 2. The van der Waals surface area contributed by atoms with E-state index in [0.29, 0.717) is 12.8 Å². The minimum atomic E-state index is -1.49. The standard InChI is InChI=1S/C9H12N2O4/c1-8(2,6(13)14)11-5(12)9(3-4-9)10-7(11)15/h3-4H2,1-2H3,(H,10,15)(H,13,14). The lowest BCUT2D eigenvalue weighted by molar-refractivity contribution is -0.152. The highest BCUT2D eigenvalue weighted by Gasteiger charge is 2.63. The second-order valence-electron chi connectivity index (χ2n) is 4.52. The number of hydrogen-bond acceptors (Lipinski definition) is 3. The van der Waals surface area contributed by atoms with E-state index in [1.165, 1.54) is 13.8 Å². The van der Waals surface area contributed by atoms with Crippen LogP contribution in [0.25, 0.3) is 0 Å². The first kappa shape index (κ1) is 9.95. The summed E-state index contributed by atoms with van der Waals surface area (Å²) in [5, 5.41) is 11.5. The van der Waals surface area contributed by atoms with E-state index in [1.54, 1.807) is 0 Å². The van der Waals surface area contributed by atoms with Crippen molar-refractivity contribution in [1.82, 2.24) is 10.2 Å². The molecule has 1 aliphatic carbocycles. The predicted octanol–water partition coefficient (Wildman–Crippen LogP) is -0.0660. The van der Waals surface area contributed by atoms with Gasteiger partial charge in [-0.25, -0.2) is 14.5 Å². The Hall–Kier alpha value is -1.59. The number of urea groups is 1. The van der Waals surface area contributed by atoms with Crippen LogP contribution < -0.4 is 5.32 Å². The number of imide groups is 1. The van der Waals surface area contributed by atoms with Crippen molar-refractivity contribution in [3.8, 4) is 0 Å². The Bertz CT molecular complexity index is 370. The first-order valence-corrected chi connectivity index (χ1v) is 4.71. The molecule has 2 rings (SSSR count). The average Bonchev–Trinajstić information content (AvgIpc) is 2.79. The van der Waals surface area contributed by atoms with Crippen molar-refractivity contribution in [1.29, 1.82) is 0 Å². The Morgan fingerprint density at radius 1 is 1.47 bits per heavy atom. The summed E-state index contributed by atoms with van der Waals surface area (Å²) in [6.45, 7) is 2.68. The molecular weight excluding hydrogens is 200 g/mol. The number of carbonyl (C=O) groups excluding carboxylic acids is 2. The molecule has 82 valence electrons. The summed E-state index contributed by atoms with van der Waals surface area (Å²) in [5.41, 5.74) is -2.28. The molecule has 3 amide bonds. The van der Waals surface area contributed by atoms with E-state index in [9.17, 15) is 14.4 Å². The van der Waals surface area contributed by atoms with Gasteiger partial charge >= 0.3 is 12.0 Å². The summed E-state index contributed by atoms with van der Waals surface area (Å²) >= 11 is 0. The lowest BCUT2D eigenvalue weighted by Crippen LogP contribution is -2.53. The number of aliphatic carboxylic acids is 1. The Labute approximate surface area is 86.2 Å². The summed E-state index contributed by atoms with van der Waals surface area (Å²) < 4.78 is 0. The van der Waals surface area contributed by atoms with Crippen LogP contribution in [0.2, 0.25) is 0 Å². The first-order valence-electron chi connectivity index (χ1n) is 4.71. The Kier molecular flexibility index (Phi) is 1.66. The number of hydrogen-bond donors (Lipinski definition) is 2. The zero-order chi connectivity index (χ0) is 11.4. The van der Waals surface area contributed by atoms with Gasteiger partial charge in [0.05, 0.1) is 0 Å². The van der Waals surface area contributed by atoms with Crippen molar-refractivity contribution in [2.24, 2.45) is 0 Å². The number of carboxylic acids is 1. The predicted molar refractivity (Wildman–Crippen MR) is 49.1 cm³/mol. The van der Waals surface area contributed by atoms with Crippen LogP contribution in [-0.2, 0) is 9.59 Å². The topological polar surface area (TPSA) is 86.7 Å².